The van der Waals surface area contributed by atoms with E-state index in [-0.39, 0.29) is 5.91 Å². The largest absolute Gasteiger partial charge is 0.493 e. The lowest BCUT2D eigenvalue weighted by Crippen LogP contribution is -2.12. The maximum atomic E-state index is 12.5. The Kier molecular flexibility index (Phi) is 5.45. The van der Waals surface area contributed by atoms with E-state index in [0.717, 1.165) is 28.3 Å². The summed E-state index contributed by atoms with van der Waals surface area (Å²) in [5, 5.41) is 6.78. The summed E-state index contributed by atoms with van der Waals surface area (Å²) in [7, 11) is 1.54. The minimum atomic E-state index is -0.213. The highest BCUT2D eigenvalue weighted by atomic mass is 16.5. The summed E-state index contributed by atoms with van der Waals surface area (Å²) in [4.78, 5) is 12.5. The average Bonchev–Trinajstić information content (AvgIpc) is 2.99. The van der Waals surface area contributed by atoms with E-state index in [1.165, 1.54) is 0 Å². The van der Waals surface area contributed by atoms with Gasteiger partial charge >= 0.3 is 0 Å². The molecule has 6 nitrogen and oxygen atoms in total. The number of nitrogens with one attached hydrogen (secondary N) is 1. The summed E-state index contributed by atoms with van der Waals surface area (Å²) in [6.07, 6.45) is 0. The Labute approximate surface area is 158 Å². The van der Waals surface area contributed by atoms with Gasteiger partial charge in [0.25, 0.3) is 5.91 Å². The Balaban J connectivity index is 1.73. The number of ether oxygens (including phenoxy) is 2. The second-order valence-corrected chi connectivity index (χ2v) is 6.28. The monoisotopic (exact) mass is 366 g/mol. The fraction of sp³-hybridized carbons (Fsp3) is 0.238. The summed E-state index contributed by atoms with van der Waals surface area (Å²) >= 11 is 0. The van der Waals surface area contributed by atoms with Crippen LogP contribution >= 0.6 is 0 Å². The van der Waals surface area contributed by atoms with Gasteiger partial charge in [-0.25, -0.2) is 0 Å². The fourth-order valence-corrected chi connectivity index (χ4v) is 2.63. The first-order valence-electron chi connectivity index (χ1n) is 8.58. The third kappa shape index (κ3) is 4.28. The summed E-state index contributed by atoms with van der Waals surface area (Å²) in [6.45, 7) is 6.02. The Hall–Kier alpha value is -3.28. The Morgan fingerprint density at radius 2 is 1.81 bits per heavy atom. The van der Waals surface area contributed by atoms with Crippen LogP contribution in [0, 0.1) is 20.8 Å². The SMILES string of the molecule is COc1cc(C(=O)Nc2ccc(C)cc2)ccc1OCc1c(C)noc1C. The first kappa shape index (κ1) is 18.5. The smallest absolute Gasteiger partial charge is 0.255 e. The summed E-state index contributed by atoms with van der Waals surface area (Å²) in [5.41, 5.74) is 4.05. The molecule has 0 unspecified atom stereocenters. The number of methoxy groups -OCH3 is 1. The average molecular weight is 366 g/mol. The molecular formula is C21H22N2O4. The van der Waals surface area contributed by atoms with Gasteiger partial charge in [0.1, 0.15) is 12.4 Å². The number of rotatable bonds is 6. The van der Waals surface area contributed by atoms with Crippen LogP contribution in [-0.2, 0) is 6.61 Å². The van der Waals surface area contributed by atoms with Crippen LogP contribution in [-0.4, -0.2) is 18.2 Å². The highest BCUT2D eigenvalue weighted by Crippen LogP contribution is 2.30. The van der Waals surface area contributed by atoms with Crippen molar-refractivity contribution >= 4 is 11.6 Å². The molecule has 0 saturated carbocycles. The van der Waals surface area contributed by atoms with E-state index < -0.39 is 0 Å². The van der Waals surface area contributed by atoms with E-state index in [1.54, 1.807) is 25.3 Å². The second-order valence-electron chi connectivity index (χ2n) is 6.28. The molecule has 1 heterocycles. The van der Waals surface area contributed by atoms with E-state index >= 15 is 0 Å². The first-order chi connectivity index (χ1) is 13.0. The normalized spacial score (nSPS) is 10.5. The number of carbonyl (C=O) groups is 1. The molecule has 0 aliphatic rings. The molecule has 2 aromatic carbocycles. The van der Waals surface area contributed by atoms with E-state index in [0.29, 0.717) is 23.7 Å². The zero-order chi connectivity index (χ0) is 19.4. The molecule has 0 bridgehead atoms. The lowest BCUT2D eigenvalue weighted by atomic mass is 10.1. The lowest BCUT2D eigenvalue weighted by Gasteiger charge is -2.12. The number of aryl methyl sites for hydroxylation is 3. The highest BCUT2D eigenvalue weighted by molar-refractivity contribution is 6.04. The van der Waals surface area contributed by atoms with Crippen molar-refractivity contribution in [1.82, 2.24) is 5.16 Å². The Bertz CT molecular complexity index is 926. The maximum Gasteiger partial charge on any atom is 0.255 e. The molecule has 3 aromatic rings. The van der Waals surface area contributed by atoms with E-state index in [4.69, 9.17) is 14.0 Å². The minimum absolute atomic E-state index is 0.213. The molecule has 0 fully saturated rings. The first-order valence-corrected chi connectivity index (χ1v) is 8.58. The van der Waals surface area contributed by atoms with Gasteiger partial charge in [-0.3, -0.25) is 4.79 Å². The Morgan fingerprint density at radius 3 is 2.44 bits per heavy atom. The number of hydrogen-bond donors (Lipinski definition) is 1. The van der Waals surface area contributed by atoms with Crippen molar-refractivity contribution in [2.24, 2.45) is 0 Å². The van der Waals surface area contributed by atoms with Crippen molar-refractivity contribution in [3.63, 3.8) is 0 Å². The number of benzene rings is 2. The molecule has 6 heteroatoms. The van der Waals surface area contributed by atoms with Crippen LogP contribution in [0.4, 0.5) is 5.69 Å². The number of amides is 1. The molecule has 1 N–H and O–H groups in total. The van der Waals surface area contributed by atoms with E-state index in [2.05, 4.69) is 10.5 Å². The van der Waals surface area contributed by atoms with Gasteiger partial charge in [-0.2, -0.15) is 0 Å². The van der Waals surface area contributed by atoms with E-state index in [9.17, 15) is 4.79 Å². The molecule has 0 spiro atoms. The summed E-state index contributed by atoms with van der Waals surface area (Å²) in [5.74, 6) is 1.54. The van der Waals surface area contributed by atoms with Gasteiger partial charge in [-0.15, -0.1) is 0 Å². The van der Waals surface area contributed by atoms with Crippen LogP contribution in [0.3, 0.4) is 0 Å². The third-order valence-corrected chi connectivity index (χ3v) is 4.29. The zero-order valence-electron chi connectivity index (χ0n) is 15.8. The molecule has 0 aliphatic carbocycles. The highest BCUT2D eigenvalue weighted by Gasteiger charge is 2.14. The van der Waals surface area contributed by atoms with Gasteiger partial charge in [0, 0.05) is 11.3 Å². The van der Waals surface area contributed by atoms with Gasteiger partial charge in [-0.1, -0.05) is 22.9 Å². The molecule has 27 heavy (non-hydrogen) atoms. The van der Waals surface area contributed by atoms with Crippen LogP contribution < -0.4 is 14.8 Å². The second kappa shape index (κ2) is 7.95. The van der Waals surface area contributed by atoms with Gasteiger partial charge in [0.2, 0.25) is 0 Å². The molecule has 0 aliphatic heterocycles. The maximum absolute atomic E-state index is 12.5. The van der Waals surface area contributed by atoms with Crippen molar-refractivity contribution in [2.75, 3.05) is 12.4 Å². The van der Waals surface area contributed by atoms with Crippen molar-refractivity contribution in [3.05, 3.63) is 70.6 Å². The number of aromatic nitrogens is 1. The molecule has 1 amide bonds. The predicted molar refractivity (Wildman–Crippen MR) is 102 cm³/mol. The molecule has 140 valence electrons. The predicted octanol–water partition coefficient (Wildman–Crippen LogP) is 4.44. The summed E-state index contributed by atoms with van der Waals surface area (Å²) < 4.78 is 16.4. The zero-order valence-corrected chi connectivity index (χ0v) is 15.8. The number of hydrogen-bond acceptors (Lipinski definition) is 5. The molecule has 0 atom stereocenters. The standard InChI is InChI=1S/C21H22N2O4/c1-13-5-8-17(9-6-13)22-21(24)16-7-10-19(20(11-16)25-4)26-12-18-14(2)23-27-15(18)3/h5-11H,12H2,1-4H3,(H,22,24). The van der Waals surface area contributed by atoms with Crippen molar-refractivity contribution in [3.8, 4) is 11.5 Å². The Morgan fingerprint density at radius 1 is 1.07 bits per heavy atom. The topological polar surface area (TPSA) is 73.6 Å². The van der Waals surface area contributed by atoms with Crippen LogP contribution in [0.25, 0.3) is 0 Å². The van der Waals surface area contributed by atoms with Gasteiger partial charge in [-0.05, 0) is 51.1 Å². The lowest BCUT2D eigenvalue weighted by molar-refractivity contribution is 0.102. The number of carbonyl (C=O) groups excluding carboxylic acids is 1. The number of nitrogens with zero attached hydrogens (tertiary/aromatic N) is 1. The van der Waals surface area contributed by atoms with Crippen LogP contribution in [0.15, 0.2) is 47.0 Å². The van der Waals surface area contributed by atoms with Crippen LogP contribution in [0.2, 0.25) is 0 Å². The van der Waals surface area contributed by atoms with Crippen LogP contribution in [0.1, 0.15) is 32.9 Å². The van der Waals surface area contributed by atoms with Crippen LogP contribution in [0.5, 0.6) is 11.5 Å². The molecular weight excluding hydrogens is 344 g/mol. The molecule has 0 radical (unpaired) electrons. The minimum Gasteiger partial charge on any atom is -0.493 e. The number of anilines is 1. The third-order valence-electron chi connectivity index (χ3n) is 4.29. The quantitative estimate of drug-likeness (QED) is 0.698. The summed E-state index contributed by atoms with van der Waals surface area (Å²) in [6, 6.07) is 12.7. The molecule has 3 rings (SSSR count). The molecule has 1 aromatic heterocycles. The van der Waals surface area contributed by atoms with Gasteiger partial charge < -0.3 is 19.3 Å². The van der Waals surface area contributed by atoms with Crippen molar-refractivity contribution in [2.45, 2.75) is 27.4 Å². The van der Waals surface area contributed by atoms with E-state index in [1.807, 2.05) is 45.0 Å². The van der Waals surface area contributed by atoms with Gasteiger partial charge in [0.15, 0.2) is 11.5 Å². The molecule has 0 saturated heterocycles. The van der Waals surface area contributed by atoms with Crippen molar-refractivity contribution < 1.29 is 18.8 Å². The van der Waals surface area contributed by atoms with Gasteiger partial charge in [0.05, 0.1) is 18.4 Å². The van der Waals surface area contributed by atoms with Crippen molar-refractivity contribution in [1.29, 1.82) is 0 Å². The fourth-order valence-electron chi connectivity index (χ4n) is 2.63.